The molecule has 0 aliphatic rings. The van der Waals surface area contributed by atoms with E-state index in [-0.39, 0.29) is 18.1 Å². The van der Waals surface area contributed by atoms with Gasteiger partial charge in [0.15, 0.2) is 0 Å². The van der Waals surface area contributed by atoms with E-state index < -0.39 is 4.92 Å². The predicted molar refractivity (Wildman–Crippen MR) is 67.2 cm³/mol. The quantitative estimate of drug-likeness (QED) is 0.451. The van der Waals surface area contributed by atoms with E-state index in [2.05, 4.69) is 5.92 Å². The number of hydrogen-bond acceptors (Lipinski definition) is 3. The van der Waals surface area contributed by atoms with Gasteiger partial charge in [0, 0.05) is 19.2 Å². The van der Waals surface area contributed by atoms with Crippen LogP contribution in [0.5, 0.6) is 0 Å². The third kappa shape index (κ3) is 2.69. The first-order valence-corrected chi connectivity index (χ1v) is 5.62. The molecule has 1 rings (SSSR count). The first kappa shape index (κ1) is 13.8. The molecular formula is C12H15N3O3. The monoisotopic (exact) mass is 249 g/mol. The molecule has 0 saturated carbocycles. The Bertz CT molecular complexity index is 499. The molecule has 0 fully saturated rings. The minimum Gasteiger partial charge on any atom is -0.337 e. The molecule has 0 spiro atoms. The highest BCUT2D eigenvalue weighted by Gasteiger charge is 2.21. The standard InChI is InChI=1S/C12H15N3O3/c1-4-7-13(5-2)12(16)11-8-10(15(17)18)9-14(11)6-3/h1,8-9H,5-7H2,2-3H3. The van der Waals surface area contributed by atoms with Crippen LogP contribution < -0.4 is 0 Å². The third-order valence-electron chi connectivity index (χ3n) is 2.60. The summed E-state index contributed by atoms with van der Waals surface area (Å²) < 4.78 is 1.56. The van der Waals surface area contributed by atoms with Crippen LogP contribution in [0.15, 0.2) is 12.3 Å². The number of carbonyl (C=O) groups is 1. The number of carbonyl (C=O) groups excluding carboxylic acids is 1. The summed E-state index contributed by atoms with van der Waals surface area (Å²) in [7, 11) is 0. The number of terminal acetylenes is 1. The highest BCUT2D eigenvalue weighted by atomic mass is 16.6. The smallest absolute Gasteiger partial charge is 0.287 e. The van der Waals surface area contributed by atoms with Crippen molar-refractivity contribution in [2.75, 3.05) is 13.1 Å². The Morgan fingerprint density at radius 1 is 1.61 bits per heavy atom. The molecule has 0 aromatic carbocycles. The molecule has 0 atom stereocenters. The molecular weight excluding hydrogens is 234 g/mol. The first-order chi connectivity index (χ1) is 8.54. The molecule has 96 valence electrons. The van der Waals surface area contributed by atoms with E-state index in [9.17, 15) is 14.9 Å². The van der Waals surface area contributed by atoms with E-state index in [1.165, 1.54) is 17.2 Å². The molecule has 0 radical (unpaired) electrons. The predicted octanol–water partition coefficient (Wildman–Crippen LogP) is 1.51. The van der Waals surface area contributed by atoms with Crippen molar-refractivity contribution in [3.05, 3.63) is 28.1 Å². The van der Waals surface area contributed by atoms with Crippen LogP contribution in [0.4, 0.5) is 5.69 Å². The summed E-state index contributed by atoms with van der Waals surface area (Å²) >= 11 is 0. The van der Waals surface area contributed by atoms with Gasteiger partial charge >= 0.3 is 0 Å². The van der Waals surface area contributed by atoms with Crippen LogP contribution in [0.3, 0.4) is 0 Å². The van der Waals surface area contributed by atoms with Crippen molar-refractivity contribution in [3.63, 3.8) is 0 Å². The summed E-state index contributed by atoms with van der Waals surface area (Å²) in [5.74, 6) is 2.11. The molecule has 0 bridgehead atoms. The van der Waals surface area contributed by atoms with Crippen LogP contribution in [0.25, 0.3) is 0 Å². The first-order valence-electron chi connectivity index (χ1n) is 5.62. The maximum absolute atomic E-state index is 12.2. The Morgan fingerprint density at radius 3 is 2.72 bits per heavy atom. The lowest BCUT2D eigenvalue weighted by Crippen LogP contribution is -2.32. The lowest BCUT2D eigenvalue weighted by atomic mass is 10.3. The van der Waals surface area contributed by atoms with Gasteiger partial charge in [-0.3, -0.25) is 14.9 Å². The molecule has 0 aliphatic carbocycles. The van der Waals surface area contributed by atoms with Crippen LogP contribution in [0, 0.1) is 22.5 Å². The van der Waals surface area contributed by atoms with Crippen LogP contribution in [0.1, 0.15) is 24.3 Å². The van der Waals surface area contributed by atoms with Crippen molar-refractivity contribution in [2.24, 2.45) is 0 Å². The van der Waals surface area contributed by atoms with Gasteiger partial charge in [-0.15, -0.1) is 6.42 Å². The van der Waals surface area contributed by atoms with Crippen molar-refractivity contribution in [3.8, 4) is 12.3 Å². The van der Waals surface area contributed by atoms with Gasteiger partial charge in [-0.05, 0) is 13.8 Å². The lowest BCUT2D eigenvalue weighted by molar-refractivity contribution is -0.384. The second-order valence-electron chi connectivity index (χ2n) is 3.65. The Kier molecular flexibility index (Phi) is 4.49. The van der Waals surface area contributed by atoms with Gasteiger partial charge in [-0.2, -0.15) is 0 Å². The van der Waals surface area contributed by atoms with E-state index >= 15 is 0 Å². The summed E-state index contributed by atoms with van der Waals surface area (Å²) in [6.45, 7) is 4.77. The molecule has 0 saturated heterocycles. The number of nitrogens with zero attached hydrogens (tertiary/aromatic N) is 3. The average Bonchev–Trinajstić information content (AvgIpc) is 2.79. The Balaban J connectivity index is 3.11. The summed E-state index contributed by atoms with van der Waals surface area (Å²) in [5, 5.41) is 10.7. The second-order valence-corrected chi connectivity index (χ2v) is 3.65. The van der Waals surface area contributed by atoms with Crippen LogP contribution in [0.2, 0.25) is 0 Å². The Hall–Kier alpha value is -2.29. The molecule has 1 heterocycles. The number of aromatic nitrogens is 1. The molecule has 1 amide bonds. The Morgan fingerprint density at radius 2 is 2.28 bits per heavy atom. The number of amides is 1. The molecule has 1 aromatic heterocycles. The summed E-state index contributed by atoms with van der Waals surface area (Å²) in [4.78, 5) is 23.8. The van der Waals surface area contributed by atoms with Crippen molar-refractivity contribution in [1.29, 1.82) is 0 Å². The van der Waals surface area contributed by atoms with Crippen molar-refractivity contribution < 1.29 is 9.72 Å². The second kappa shape index (κ2) is 5.87. The zero-order valence-electron chi connectivity index (χ0n) is 10.4. The number of rotatable bonds is 5. The molecule has 6 heteroatoms. The van der Waals surface area contributed by atoms with E-state index in [0.717, 1.165) is 0 Å². The minimum absolute atomic E-state index is 0.0861. The van der Waals surface area contributed by atoms with Gasteiger partial charge in [0.1, 0.15) is 5.69 Å². The topological polar surface area (TPSA) is 68.4 Å². The molecule has 6 nitrogen and oxygen atoms in total. The summed E-state index contributed by atoms with van der Waals surface area (Å²) in [5.41, 5.74) is 0.207. The maximum atomic E-state index is 12.2. The normalized spacial score (nSPS) is 9.83. The highest BCUT2D eigenvalue weighted by Crippen LogP contribution is 2.18. The van der Waals surface area contributed by atoms with Crippen LogP contribution >= 0.6 is 0 Å². The van der Waals surface area contributed by atoms with Crippen molar-refractivity contribution >= 4 is 11.6 Å². The SMILES string of the molecule is C#CCN(CC)C(=O)c1cc([N+](=O)[O-])cn1CC. The van der Waals surface area contributed by atoms with E-state index in [0.29, 0.717) is 18.8 Å². The fourth-order valence-corrected chi connectivity index (χ4v) is 1.63. The average molecular weight is 249 g/mol. The van der Waals surface area contributed by atoms with Crippen LogP contribution in [-0.4, -0.2) is 33.4 Å². The zero-order chi connectivity index (χ0) is 13.7. The van der Waals surface area contributed by atoms with Gasteiger partial charge in [0.2, 0.25) is 0 Å². The molecule has 0 unspecified atom stereocenters. The van der Waals surface area contributed by atoms with E-state index in [1.54, 1.807) is 4.57 Å². The van der Waals surface area contributed by atoms with Gasteiger partial charge in [0.05, 0.1) is 17.7 Å². The fraction of sp³-hybridized carbons (Fsp3) is 0.417. The van der Waals surface area contributed by atoms with Crippen LogP contribution in [-0.2, 0) is 6.54 Å². The zero-order valence-corrected chi connectivity index (χ0v) is 10.4. The van der Waals surface area contributed by atoms with E-state index in [1.807, 2.05) is 13.8 Å². The molecule has 18 heavy (non-hydrogen) atoms. The van der Waals surface area contributed by atoms with Gasteiger partial charge < -0.3 is 9.47 Å². The minimum atomic E-state index is -0.513. The van der Waals surface area contributed by atoms with Gasteiger partial charge in [-0.1, -0.05) is 5.92 Å². The fourth-order valence-electron chi connectivity index (χ4n) is 1.63. The lowest BCUT2D eigenvalue weighted by Gasteiger charge is -2.18. The summed E-state index contributed by atoms with van der Waals surface area (Å²) in [6, 6.07) is 1.28. The maximum Gasteiger partial charge on any atom is 0.287 e. The largest absolute Gasteiger partial charge is 0.337 e. The number of nitro groups is 1. The number of hydrogen-bond donors (Lipinski definition) is 0. The van der Waals surface area contributed by atoms with Crippen molar-refractivity contribution in [1.82, 2.24) is 9.47 Å². The molecule has 0 aliphatic heterocycles. The summed E-state index contributed by atoms with van der Waals surface area (Å²) in [6.07, 6.45) is 6.54. The third-order valence-corrected chi connectivity index (χ3v) is 2.60. The highest BCUT2D eigenvalue weighted by molar-refractivity contribution is 5.93. The van der Waals surface area contributed by atoms with E-state index in [4.69, 9.17) is 6.42 Å². The number of aryl methyl sites for hydroxylation is 1. The van der Waals surface area contributed by atoms with Gasteiger partial charge in [0.25, 0.3) is 11.6 Å². The molecule has 0 N–H and O–H groups in total. The van der Waals surface area contributed by atoms with Gasteiger partial charge in [-0.25, -0.2) is 0 Å². The Labute approximate surface area is 105 Å². The molecule has 1 aromatic rings. The van der Waals surface area contributed by atoms with Crippen molar-refractivity contribution in [2.45, 2.75) is 20.4 Å².